The van der Waals surface area contributed by atoms with Gasteiger partial charge in [0.15, 0.2) is 0 Å². The summed E-state index contributed by atoms with van der Waals surface area (Å²) < 4.78 is 5.81. The number of nitrogens with two attached hydrogens (primary N) is 1. The fourth-order valence-electron chi connectivity index (χ4n) is 2.72. The number of rotatable bonds is 6. The highest BCUT2D eigenvalue weighted by Crippen LogP contribution is 2.27. The van der Waals surface area contributed by atoms with Crippen molar-refractivity contribution in [3.05, 3.63) is 71.4 Å². The molecular formula is C20H19N3O3. The lowest BCUT2D eigenvalue weighted by Crippen LogP contribution is -2.09. The predicted molar refractivity (Wildman–Crippen MR) is 99.2 cm³/mol. The molecule has 26 heavy (non-hydrogen) atoms. The molecule has 6 heteroatoms. The average molecular weight is 349 g/mol. The van der Waals surface area contributed by atoms with Crippen LogP contribution in [0, 0.1) is 6.92 Å². The summed E-state index contributed by atoms with van der Waals surface area (Å²) in [5, 5.41) is 9.48. The van der Waals surface area contributed by atoms with Gasteiger partial charge in [-0.3, -0.25) is 0 Å². The molecule has 132 valence electrons. The molecule has 0 radical (unpaired) electrons. The van der Waals surface area contributed by atoms with Gasteiger partial charge in [0.2, 0.25) is 5.95 Å². The molecule has 0 spiro atoms. The van der Waals surface area contributed by atoms with Gasteiger partial charge in [-0.05, 0) is 24.6 Å². The van der Waals surface area contributed by atoms with Crippen LogP contribution in [0.25, 0.3) is 11.3 Å². The van der Waals surface area contributed by atoms with Gasteiger partial charge in [-0.1, -0.05) is 42.5 Å². The second-order valence-corrected chi connectivity index (χ2v) is 5.81. The maximum absolute atomic E-state index is 11.6. The molecule has 0 bridgehead atoms. The average Bonchev–Trinajstić information content (AvgIpc) is 2.62. The Bertz CT molecular complexity index is 927. The maximum atomic E-state index is 11.6. The van der Waals surface area contributed by atoms with Gasteiger partial charge >= 0.3 is 5.97 Å². The number of carbonyl (C=O) groups is 1. The molecule has 0 amide bonds. The summed E-state index contributed by atoms with van der Waals surface area (Å²) in [7, 11) is 0. The molecule has 0 unspecified atom stereocenters. The van der Waals surface area contributed by atoms with Crippen LogP contribution in [-0.4, -0.2) is 27.7 Å². The monoisotopic (exact) mass is 349 g/mol. The highest BCUT2D eigenvalue weighted by atomic mass is 16.5. The number of aromatic carboxylic acids is 1. The van der Waals surface area contributed by atoms with Gasteiger partial charge < -0.3 is 15.6 Å². The lowest BCUT2D eigenvalue weighted by Gasteiger charge is -2.11. The quantitative estimate of drug-likeness (QED) is 0.708. The van der Waals surface area contributed by atoms with Crippen LogP contribution >= 0.6 is 0 Å². The van der Waals surface area contributed by atoms with Gasteiger partial charge in [0.25, 0.3) is 0 Å². The molecule has 6 nitrogen and oxygen atoms in total. The summed E-state index contributed by atoms with van der Waals surface area (Å²) in [6, 6.07) is 17.2. The van der Waals surface area contributed by atoms with Crippen LogP contribution in [0.5, 0.6) is 5.75 Å². The summed E-state index contributed by atoms with van der Waals surface area (Å²) >= 11 is 0. The SMILES string of the molecule is Cc1nc(N)nc(-c2cccc(OCCc3ccccc3)c2)c1C(=O)O. The minimum absolute atomic E-state index is 0.0397. The topological polar surface area (TPSA) is 98.3 Å². The molecule has 1 heterocycles. The van der Waals surface area contributed by atoms with Gasteiger partial charge in [-0.15, -0.1) is 0 Å². The zero-order chi connectivity index (χ0) is 18.5. The van der Waals surface area contributed by atoms with E-state index in [0.717, 1.165) is 6.42 Å². The molecule has 0 saturated carbocycles. The molecular weight excluding hydrogens is 330 g/mol. The molecule has 2 aromatic carbocycles. The number of hydrogen-bond donors (Lipinski definition) is 2. The van der Waals surface area contributed by atoms with Crippen molar-refractivity contribution in [2.45, 2.75) is 13.3 Å². The van der Waals surface area contributed by atoms with Crippen LogP contribution in [-0.2, 0) is 6.42 Å². The Kier molecular flexibility index (Phi) is 5.12. The first-order valence-corrected chi connectivity index (χ1v) is 8.19. The Balaban J connectivity index is 1.83. The highest BCUT2D eigenvalue weighted by Gasteiger charge is 2.19. The summed E-state index contributed by atoms with van der Waals surface area (Å²) in [6.07, 6.45) is 0.783. The van der Waals surface area contributed by atoms with Crippen molar-refractivity contribution in [3.63, 3.8) is 0 Å². The van der Waals surface area contributed by atoms with E-state index in [4.69, 9.17) is 10.5 Å². The van der Waals surface area contributed by atoms with Crippen LogP contribution < -0.4 is 10.5 Å². The smallest absolute Gasteiger partial charge is 0.339 e. The molecule has 3 N–H and O–H groups in total. The van der Waals surface area contributed by atoms with E-state index in [9.17, 15) is 9.90 Å². The Labute approximate surface area is 151 Å². The van der Waals surface area contributed by atoms with Crippen molar-refractivity contribution in [1.82, 2.24) is 9.97 Å². The molecule has 3 aromatic rings. The third kappa shape index (κ3) is 3.97. The first kappa shape index (κ1) is 17.4. The van der Waals surface area contributed by atoms with Crippen molar-refractivity contribution in [2.24, 2.45) is 0 Å². The van der Waals surface area contributed by atoms with Crippen LogP contribution in [0.15, 0.2) is 54.6 Å². The Morgan fingerprint density at radius 2 is 1.88 bits per heavy atom. The van der Waals surface area contributed by atoms with Gasteiger partial charge in [-0.25, -0.2) is 14.8 Å². The fourth-order valence-corrected chi connectivity index (χ4v) is 2.72. The first-order valence-electron chi connectivity index (χ1n) is 8.19. The maximum Gasteiger partial charge on any atom is 0.339 e. The van der Waals surface area contributed by atoms with E-state index in [0.29, 0.717) is 23.6 Å². The Morgan fingerprint density at radius 1 is 1.12 bits per heavy atom. The van der Waals surface area contributed by atoms with Gasteiger partial charge in [0, 0.05) is 12.0 Å². The number of nitrogens with zero attached hydrogens (tertiary/aromatic N) is 2. The van der Waals surface area contributed by atoms with E-state index in [1.54, 1.807) is 25.1 Å². The van der Waals surface area contributed by atoms with Crippen molar-refractivity contribution in [1.29, 1.82) is 0 Å². The number of hydrogen-bond acceptors (Lipinski definition) is 5. The molecule has 0 aliphatic carbocycles. The molecule has 0 aliphatic heterocycles. The second-order valence-electron chi connectivity index (χ2n) is 5.81. The van der Waals surface area contributed by atoms with Crippen LogP contribution in [0.4, 0.5) is 5.95 Å². The fraction of sp³-hybridized carbons (Fsp3) is 0.150. The van der Waals surface area contributed by atoms with Crippen LogP contribution in [0.2, 0.25) is 0 Å². The lowest BCUT2D eigenvalue weighted by molar-refractivity contribution is 0.0696. The van der Waals surface area contributed by atoms with Crippen LogP contribution in [0.1, 0.15) is 21.6 Å². The van der Waals surface area contributed by atoms with Gasteiger partial charge in [-0.2, -0.15) is 0 Å². The van der Waals surface area contributed by atoms with E-state index in [2.05, 4.69) is 9.97 Å². The van der Waals surface area contributed by atoms with Crippen LogP contribution in [0.3, 0.4) is 0 Å². The van der Waals surface area contributed by atoms with E-state index in [1.807, 2.05) is 36.4 Å². The minimum Gasteiger partial charge on any atom is -0.493 e. The van der Waals surface area contributed by atoms with E-state index in [1.165, 1.54) is 5.56 Å². The number of aromatic nitrogens is 2. The van der Waals surface area contributed by atoms with E-state index in [-0.39, 0.29) is 17.2 Å². The second kappa shape index (κ2) is 7.65. The molecule has 0 saturated heterocycles. The summed E-state index contributed by atoms with van der Waals surface area (Å²) in [5.74, 6) is -0.407. The zero-order valence-corrected chi connectivity index (χ0v) is 14.3. The number of anilines is 1. The largest absolute Gasteiger partial charge is 0.493 e. The Morgan fingerprint density at radius 3 is 2.62 bits per heavy atom. The van der Waals surface area contributed by atoms with Crippen molar-refractivity contribution < 1.29 is 14.6 Å². The number of ether oxygens (including phenoxy) is 1. The van der Waals surface area contributed by atoms with Crippen molar-refractivity contribution in [3.8, 4) is 17.0 Å². The number of carboxylic acid groups (broad SMARTS) is 1. The third-order valence-corrected chi connectivity index (χ3v) is 3.93. The summed E-state index contributed by atoms with van der Waals surface area (Å²) in [5.41, 5.74) is 8.17. The minimum atomic E-state index is -1.09. The summed E-state index contributed by atoms with van der Waals surface area (Å²) in [6.45, 7) is 2.12. The Hall–Kier alpha value is -3.41. The first-order chi connectivity index (χ1) is 12.5. The van der Waals surface area contributed by atoms with Crippen molar-refractivity contribution >= 4 is 11.9 Å². The number of nitrogen functional groups attached to an aromatic ring is 1. The normalized spacial score (nSPS) is 10.5. The molecule has 1 aromatic heterocycles. The standard InChI is InChI=1S/C20H19N3O3/c1-13-17(19(24)25)18(23-20(21)22-13)15-8-5-9-16(12-15)26-11-10-14-6-3-2-4-7-14/h2-9,12H,10-11H2,1H3,(H,24,25)(H2,21,22,23). The predicted octanol–water partition coefficient (Wildman–Crippen LogP) is 3.35. The van der Waals surface area contributed by atoms with Crippen molar-refractivity contribution in [2.75, 3.05) is 12.3 Å². The number of carboxylic acids is 1. The van der Waals surface area contributed by atoms with E-state index >= 15 is 0 Å². The molecule has 0 aliphatic rings. The zero-order valence-electron chi connectivity index (χ0n) is 14.3. The molecule has 3 rings (SSSR count). The van der Waals surface area contributed by atoms with Gasteiger partial charge in [0.05, 0.1) is 18.0 Å². The highest BCUT2D eigenvalue weighted by molar-refractivity contribution is 5.96. The molecule has 0 atom stereocenters. The summed E-state index contributed by atoms with van der Waals surface area (Å²) in [4.78, 5) is 19.7. The number of benzene rings is 2. The van der Waals surface area contributed by atoms with E-state index < -0.39 is 5.97 Å². The van der Waals surface area contributed by atoms with Gasteiger partial charge in [0.1, 0.15) is 11.3 Å². The number of aryl methyl sites for hydroxylation is 1. The molecule has 0 fully saturated rings. The third-order valence-electron chi connectivity index (χ3n) is 3.93. The lowest BCUT2D eigenvalue weighted by atomic mass is 10.0.